The molecular formula is C17H19FN2O3. The first-order valence-corrected chi connectivity index (χ1v) is 7.47. The Morgan fingerprint density at radius 1 is 1.30 bits per heavy atom. The molecule has 0 bridgehead atoms. The molecule has 1 aliphatic heterocycles. The summed E-state index contributed by atoms with van der Waals surface area (Å²) in [6.45, 7) is 2.06. The molecule has 0 amide bonds. The van der Waals surface area contributed by atoms with E-state index in [-0.39, 0.29) is 23.5 Å². The molecule has 0 unspecified atom stereocenters. The lowest BCUT2D eigenvalue weighted by atomic mass is 9.95. The number of carbonyl (C=O) groups excluding carboxylic acids is 1. The summed E-state index contributed by atoms with van der Waals surface area (Å²) in [6, 6.07) is 9.84. The normalized spacial score (nSPS) is 21.5. The maximum absolute atomic E-state index is 13.0. The van der Waals surface area contributed by atoms with E-state index in [0.717, 1.165) is 18.7 Å². The van der Waals surface area contributed by atoms with Crippen molar-refractivity contribution in [2.75, 3.05) is 20.2 Å². The molecule has 1 aliphatic rings. The molecule has 0 radical (unpaired) electrons. The van der Waals surface area contributed by atoms with Crippen LogP contribution < -0.4 is 5.73 Å². The zero-order valence-electron chi connectivity index (χ0n) is 12.9. The van der Waals surface area contributed by atoms with Crippen LogP contribution in [0.15, 0.2) is 40.8 Å². The summed E-state index contributed by atoms with van der Waals surface area (Å²) in [7, 11) is 1.32. The minimum atomic E-state index is -0.487. The highest BCUT2D eigenvalue weighted by Gasteiger charge is 2.31. The molecule has 3 rings (SSSR count). The number of likely N-dealkylation sites (tertiary alicyclic amines) is 1. The second kappa shape index (κ2) is 6.52. The first kappa shape index (κ1) is 15.7. The molecule has 0 saturated carbocycles. The van der Waals surface area contributed by atoms with Gasteiger partial charge in [0.15, 0.2) is 0 Å². The van der Waals surface area contributed by atoms with Gasteiger partial charge in [0, 0.05) is 25.0 Å². The zero-order valence-corrected chi connectivity index (χ0v) is 12.9. The number of hydrogen-bond donors (Lipinski definition) is 1. The third-order valence-corrected chi connectivity index (χ3v) is 4.17. The largest absolute Gasteiger partial charge is 0.463 e. The van der Waals surface area contributed by atoms with E-state index in [2.05, 4.69) is 9.64 Å². The lowest BCUT2D eigenvalue weighted by Crippen LogP contribution is -2.28. The molecule has 2 heterocycles. The molecule has 1 saturated heterocycles. The van der Waals surface area contributed by atoms with Crippen molar-refractivity contribution in [2.45, 2.75) is 18.5 Å². The Morgan fingerprint density at radius 2 is 2.04 bits per heavy atom. The first-order valence-electron chi connectivity index (χ1n) is 7.47. The Hall–Kier alpha value is -2.18. The van der Waals surface area contributed by atoms with Gasteiger partial charge in [-0.1, -0.05) is 12.1 Å². The average molecular weight is 318 g/mol. The van der Waals surface area contributed by atoms with Gasteiger partial charge in [0.2, 0.25) is 5.76 Å². The molecule has 1 aromatic heterocycles. The van der Waals surface area contributed by atoms with Crippen LogP contribution in [0.4, 0.5) is 4.39 Å². The van der Waals surface area contributed by atoms with Gasteiger partial charge in [-0.05, 0) is 29.8 Å². The van der Waals surface area contributed by atoms with E-state index in [1.807, 2.05) is 0 Å². The minimum absolute atomic E-state index is 0.0181. The van der Waals surface area contributed by atoms with Gasteiger partial charge >= 0.3 is 5.97 Å². The number of furan rings is 1. The fourth-order valence-corrected chi connectivity index (χ4v) is 3.00. The van der Waals surface area contributed by atoms with Gasteiger partial charge in [-0.25, -0.2) is 9.18 Å². The average Bonchev–Trinajstić information content (AvgIpc) is 3.14. The number of nitrogens with two attached hydrogens (primary N) is 1. The van der Waals surface area contributed by atoms with Gasteiger partial charge in [-0.15, -0.1) is 0 Å². The number of esters is 1. The maximum Gasteiger partial charge on any atom is 0.373 e. The van der Waals surface area contributed by atoms with E-state index in [9.17, 15) is 9.18 Å². The van der Waals surface area contributed by atoms with Gasteiger partial charge in [0.05, 0.1) is 13.7 Å². The van der Waals surface area contributed by atoms with Crippen LogP contribution in [-0.4, -0.2) is 37.1 Å². The smallest absolute Gasteiger partial charge is 0.373 e. The van der Waals surface area contributed by atoms with Crippen LogP contribution in [0.1, 0.15) is 27.8 Å². The lowest BCUT2D eigenvalue weighted by Gasteiger charge is -2.15. The molecule has 2 aromatic rings. The summed E-state index contributed by atoms with van der Waals surface area (Å²) < 4.78 is 23.1. The number of halogens is 1. The van der Waals surface area contributed by atoms with Crippen LogP contribution in [0.2, 0.25) is 0 Å². The van der Waals surface area contributed by atoms with E-state index < -0.39 is 5.97 Å². The van der Waals surface area contributed by atoms with E-state index >= 15 is 0 Å². The number of methoxy groups -OCH3 is 1. The maximum atomic E-state index is 13.0. The second-order valence-electron chi connectivity index (χ2n) is 5.77. The number of rotatable bonds is 4. The fraction of sp³-hybridized carbons (Fsp3) is 0.353. The fourth-order valence-electron chi connectivity index (χ4n) is 3.00. The summed E-state index contributed by atoms with van der Waals surface area (Å²) in [5, 5.41) is 0. The van der Waals surface area contributed by atoms with E-state index in [0.29, 0.717) is 12.3 Å². The van der Waals surface area contributed by atoms with Gasteiger partial charge < -0.3 is 14.9 Å². The zero-order chi connectivity index (χ0) is 16.4. The van der Waals surface area contributed by atoms with E-state index in [1.54, 1.807) is 24.3 Å². The van der Waals surface area contributed by atoms with E-state index in [4.69, 9.17) is 10.2 Å². The Kier molecular flexibility index (Phi) is 4.45. The molecule has 2 N–H and O–H groups in total. The summed E-state index contributed by atoms with van der Waals surface area (Å²) in [4.78, 5) is 13.6. The highest BCUT2D eigenvalue weighted by molar-refractivity contribution is 5.86. The van der Waals surface area contributed by atoms with Gasteiger partial charge in [0.1, 0.15) is 11.6 Å². The minimum Gasteiger partial charge on any atom is -0.463 e. The van der Waals surface area contributed by atoms with Crippen molar-refractivity contribution in [3.05, 3.63) is 59.3 Å². The molecule has 0 spiro atoms. The molecule has 6 heteroatoms. The first-order chi connectivity index (χ1) is 11.1. The molecule has 122 valence electrons. The van der Waals surface area contributed by atoms with Crippen molar-refractivity contribution >= 4 is 5.97 Å². The SMILES string of the molecule is COC(=O)c1ccc(CN2C[C@H](N)[C@H](c3ccc(F)cc3)C2)o1. The van der Waals surface area contributed by atoms with Gasteiger partial charge in [-0.2, -0.15) is 0 Å². The number of nitrogens with zero attached hydrogens (tertiary/aromatic N) is 1. The van der Waals surface area contributed by atoms with Crippen LogP contribution in [0.3, 0.4) is 0 Å². The summed E-state index contributed by atoms with van der Waals surface area (Å²) >= 11 is 0. The summed E-state index contributed by atoms with van der Waals surface area (Å²) in [5.41, 5.74) is 7.27. The lowest BCUT2D eigenvalue weighted by molar-refractivity contribution is 0.0561. The third-order valence-electron chi connectivity index (χ3n) is 4.17. The van der Waals surface area contributed by atoms with Crippen LogP contribution >= 0.6 is 0 Å². The van der Waals surface area contributed by atoms with Crippen molar-refractivity contribution in [3.8, 4) is 0 Å². The molecule has 2 atom stereocenters. The second-order valence-corrected chi connectivity index (χ2v) is 5.77. The number of carbonyl (C=O) groups is 1. The molecule has 5 nitrogen and oxygen atoms in total. The topological polar surface area (TPSA) is 68.7 Å². The van der Waals surface area contributed by atoms with Crippen molar-refractivity contribution < 1.29 is 18.3 Å². The summed E-state index contributed by atoms with van der Waals surface area (Å²) in [5.74, 6) is 0.311. The highest BCUT2D eigenvalue weighted by Crippen LogP contribution is 2.28. The Bertz CT molecular complexity index is 683. The third kappa shape index (κ3) is 3.43. The molecule has 23 heavy (non-hydrogen) atoms. The highest BCUT2D eigenvalue weighted by atomic mass is 19.1. The Morgan fingerprint density at radius 3 is 2.74 bits per heavy atom. The van der Waals surface area contributed by atoms with Crippen LogP contribution in [0.5, 0.6) is 0 Å². The van der Waals surface area contributed by atoms with Crippen LogP contribution in [-0.2, 0) is 11.3 Å². The number of benzene rings is 1. The van der Waals surface area contributed by atoms with Crippen molar-refractivity contribution in [1.29, 1.82) is 0 Å². The number of ether oxygens (including phenoxy) is 1. The van der Waals surface area contributed by atoms with Gasteiger partial charge in [-0.3, -0.25) is 4.90 Å². The van der Waals surface area contributed by atoms with Crippen molar-refractivity contribution in [3.63, 3.8) is 0 Å². The number of hydrogen-bond acceptors (Lipinski definition) is 5. The molecular weight excluding hydrogens is 299 g/mol. The predicted octanol–water partition coefficient (Wildman–Crippen LogP) is 2.13. The van der Waals surface area contributed by atoms with Gasteiger partial charge in [0.25, 0.3) is 0 Å². The van der Waals surface area contributed by atoms with E-state index in [1.165, 1.54) is 19.2 Å². The molecule has 0 aliphatic carbocycles. The molecule has 1 aromatic carbocycles. The Balaban J connectivity index is 1.65. The summed E-state index contributed by atoms with van der Waals surface area (Å²) in [6.07, 6.45) is 0. The van der Waals surface area contributed by atoms with Crippen LogP contribution in [0.25, 0.3) is 0 Å². The standard InChI is InChI=1S/C17H19FN2O3/c1-22-17(21)16-7-6-13(23-16)8-20-9-14(15(19)10-20)11-2-4-12(18)5-3-11/h2-7,14-15H,8-10,19H2,1H3/t14-,15-/m0/s1. The Labute approximate surface area is 133 Å². The monoisotopic (exact) mass is 318 g/mol. The van der Waals surface area contributed by atoms with Crippen molar-refractivity contribution in [2.24, 2.45) is 5.73 Å². The van der Waals surface area contributed by atoms with Crippen molar-refractivity contribution in [1.82, 2.24) is 4.90 Å². The van der Waals surface area contributed by atoms with Crippen LogP contribution in [0, 0.1) is 5.82 Å². The predicted molar refractivity (Wildman–Crippen MR) is 82.4 cm³/mol. The molecule has 1 fully saturated rings. The quantitative estimate of drug-likeness (QED) is 0.875.